The second-order valence-electron chi connectivity index (χ2n) is 7.36. The van der Waals surface area contributed by atoms with Crippen LogP contribution >= 0.6 is 11.8 Å². The van der Waals surface area contributed by atoms with Gasteiger partial charge in [-0.15, -0.1) is 22.0 Å². The lowest BCUT2D eigenvalue weighted by molar-refractivity contribution is 0.154. The third kappa shape index (κ3) is 4.87. The van der Waals surface area contributed by atoms with Gasteiger partial charge in [-0.1, -0.05) is 19.6 Å². The molecule has 0 aliphatic carbocycles. The average Bonchev–Trinajstić information content (AvgIpc) is 3.17. The second kappa shape index (κ2) is 10.1. The molecule has 2 heterocycles. The molecule has 1 aliphatic rings. The molecule has 0 amide bonds. The maximum atomic E-state index is 5.58. The van der Waals surface area contributed by atoms with E-state index in [1.54, 1.807) is 26.0 Å². The molecule has 162 valence electrons. The van der Waals surface area contributed by atoms with E-state index in [1.165, 1.54) is 0 Å². The minimum atomic E-state index is 0.133. The third-order valence-corrected chi connectivity index (χ3v) is 6.27. The van der Waals surface area contributed by atoms with Gasteiger partial charge in [0.15, 0.2) is 11.6 Å². The number of thioether (sulfide) groups is 1. The Morgan fingerprint density at radius 2 is 2.07 bits per heavy atom. The van der Waals surface area contributed by atoms with Crippen molar-refractivity contribution in [2.75, 3.05) is 26.5 Å². The van der Waals surface area contributed by atoms with Crippen molar-refractivity contribution in [3.8, 4) is 11.5 Å². The van der Waals surface area contributed by atoms with Gasteiger partial charge in [-0.3, -0.25) is 4.90 Å². The predicted octanol–water partition coefficient (Wildman–Crippen LogP) is 4.30. The molecule has 0 radical (unpaired) electrons. The van der Waals surface area contributed by atoms with Gasteiger partial charge in [0.2, 0.25) is 0 Å². The molecule has 0 spiro atoms. The average molecular weight is 430 g/mol. The molecule has 3 rings (SSSR count). The van der Waals surface area contributed by atoms with Crippen molar-refractivity contribution in [3.63, 3.8) is 0 Å². The summed E-state index contributed by atoms with van der Waals surface area (Å²) >= 11 is 1.72. The number of hydrogen-bond acceptors (Lipinski definition) is 7. The zero-order valence-corrected chi connectivity index (χ0v) is 19.3. The van der Waals surface area contributed by atoms with E-state index < -0.39 is 0 Å². The molecule has 0 bridgehead atoms. The van der Waals surface area contributed by atoms with E-state index in [2.05, 4.69) is 51.1 Å². The Balaban J connectivity index is 1.83. The number of allylic oxidation sites excluding steroid dienone is 1. The summed E-state index contributed by atoms with van der Waals surface area (Å²) in [6.45, 7) is 12.7. The fourth-order valence-corrected chi connectivity index (χ4v) is 4.42. The number of nitrogens with zero attached hydrogens (tertiary/aromatic N) is 5. The first kappa shape index (κ1) is 22.4. The third-order valence-electron chi connectivity index (χ3n) is 5.11. The molecule has 30 heavy (non-hydrogen) atoms. The van der Waals surface area contributed by atoms with Crippen LogP contribution in [0.25, 0.3) is 0 Å². The van der Waals surface area contributed by atoms with Crippen LogP contribution in [-0.4, -0.2) is 51.2 Å². The van der Waals surface area contributed by atoms with Gasteiger partial charge in [0, 0.05) is 37.0 Å². The molecule has 1 aromatic heterocycles. The molecule has 2 aromatic rings. The molecule has 0 N–H and O–H groups in total. The first-order chi connectivity index (χ1) is 14.5. The summed E-state index contributed by atoms with van der Waals surface area (Å²) in [5.41, 5.74) is 1.91. The number of rotatable bonds is 8. The highest BCUT2D eigenvalue weighted by atomic mass is 32.2. The van der Waals surface area contributed by atoms with E-state index >= 15 is 0 Å². The van der Waals surface area contributed by atoms with Crippen LogP contribution in [0.4, 0.5) is 0 Å². The number of benzene rings is 1. The van der Waals surface area contributed by atoms with Gasteiger partial charge >= 0.3 is 0 Å². The molecular weight excluding hydrogens is 398 g/mol. The Bertz CT molecular complexity index is 924. The fraction of sp³-hybridized carbons (Fsp3) is 0.500. The molecule has 1 aromatic carbocycles. The standard InChI is InChI=1S/C22H31N5O2S/c1-7-12-30-22(23-15(2)3)21-25-24-20-16(4)26(10-11-27(20)21)14-17-8-9-18(28-5)13-19(17)29-6/h8-9,13,16H,2,7,10-12,14H2,1,3-6H3/t16-/m0/s1. The SMILES string of the molecule is C=C(C)N=C(SCCC)c1nnc2n1CCN(Cc1ccc(OC)cc1OC)[C@H]2C. The number of methoxy groups -OCH3 is 2. The summed E-state index contributed by atoms with van der Waals surface area (Å²) in [5, 5.41) is 9.94. The van der Waals surface area contributed by atoms with Gasteiger partial charge in [0.25, 0.3) is 0 Å². The summed E-state index contributed by atoms with van der Waals surface area (Å²) in [4.78, 5) is 7.03. The highest BCUT2D eigenvalue weighted by Crippen LogP contribution is 2.31. The van der Waals surface area contributed by atoms with Gasteiger partial charge in [0.05, 0.1) is 20.3 Å². The summed E-state index contributed by atoms with van der Waals surface area (Å²) in [7, 11) is 3.35. The van der Waals surface area contributed by atoms with Crippen molar-refractivity contribution in [1.82, 2.24) is 19.7 Å². The van der Waals surface area contributed by atoms with Gasteiger partial charge in [-0.25, -0.2) is 4.99 Å². The number of aromatic nitrogens is 3. The molecule has 0 unspecified atom stereocenters. The molecular formula is C22H31N5O2S. The van der Waals surface area contributed by atoms with Crippen LogP contribution in [0.5, 0.6) is 11.5 Å². The summed E-state index contributed by atoms with van der Waals surface area (Å²) in [6.07, 6.45) is 1.08. The van der Waals surface area contributed by atoms with Crippen LogP contribution in [0, 0.1) is 0 Å². The van der Waals surface area contributed by atoms with E-state index in [0.717, 1.165) is 71.3 Å². The maximum absolute atomic E-state index is 5.58. The van der Waals surface area contributed by atoms with Crippen LogP contribution < -0.4 is 9.47 Å². The molecule has 0 saturated carbocycles. The molecule has 7 nitrogen and oxygen atoms in total. The highest BCUT2D eigenvalue weighted by molar-refractivity contribution is 8.14. The number of hydrogen-bond donors (Lipinski definition) is 0. The van der Waals surface area contributed by atoms with E-state index in [-0.39, 0.29) is 6.04 Å². The minimum absolute atomic E-state index is 0.133. The summed E-state index contributed by atoms with van der Waals surface area (Å²) < 4.78 is 13.1. The van der Waals surface area contributed by atoms with Gasteiger partial charge < -0.3 is 14.0 Å². The monoisotopic (exact) mass is 429 g/mol. The van der Waals surface area contributed by atoms with Gasteiger partial charge in [-0.2, -0.15) is 0 Å². The number of fused-ring (bicyclic) bond motifs is 1. The number of ether oxygens (including phenoxy) is 2. The van der Waals surface area contributed by atoms with Crippen LogP contribution in [-0.2, 0) is 13.1 Å². The van der Waals surface area contributed by atoms with Crippen LogP contribution in [0.2, 0.25) is 0 Å². The largest absolute Gasteiger partial charge is 0.497 e. The van der Waals surface area contributed by atoms with Crippen molar-refractivity contribution in [2.45, 2.75) is 46.3 Å². The predicted molar refractivity (Wildman–Crippen MR) is 122 cm³/mol. The first-order valence-electron chi connectivity index (χ1n) is 10.2. The highest BCUT2D eigenvalue weighted by Gasteiger charge is 2.30. The minimum Gasteiger partial charge on any atom is -0.497 e. The lowest BCUT2D eigenvalue weighted by Crippen LogP contribution is -2.37. The quantitative estimate of drug-likeness (QED) is 0.461. The Labute approximate surface area is 183 Å². The lowest BCUT2D eigenvalue weighted by atomic mass is 10.1. The Morgan fingerprint density at radius 1 is 1.27 bits per heavy atom. The van der Waals surface area contributed by atoms with Gasteiger partial charge in [-0.05, 0) is 32.1 Å². The zero-order chi connectivity index (χ0) is 21.7. The van der Waals surface area contributed by atoms with Crippen molar-refractivity contribution in [2.24, 2.45) is 4.99 Å². The Kier molecular flexibility index (Phi) is 7.55. The zero-order valence-electron chi connectivity index (χ0n) is 18.5. The molecule has 0 saturated heterocycles. The first-order valence-corrected chi connectivity index (χ1v) is 11.2. The van der Waals surface area contributed by atoms with E-state index in [9.17, 15) is 0 Å². The van der Waals surface area contributed by atoms with Crippen LogP contribution in [0.1, 0.15) is 50.4 Å². The summed E-state index contributed by atoms with van der Waals surface area (Å²) in [5.74, 6) is 4.43. The smallest absolute Gasteiger partial charge is 0.189 e. The van der Waals surface area contributed by atoms with Crippen LogP contribution in [0.15, 0.2) is 35.5 Å². The van der Waals surface area contributed by atoms with Crippen molar-refractivity contribution < 1.29 is 9.47 Å². The van der Waals surface area contributed by atoms with E-state index in [0.29, 0.717) is 0 Å². The van der Waals surface area contributed by atoms with Gasteiger partial charge in [0.1, 0.15) is 16.5 Å². The van der Waals surface area contributed by atoms with Crippen molar-refractivity contribution in [3.05, 3.63) is 47.7 Å². The van der Waals surface area contributed by atoms with Crippen molar-refractivity contribution >= 4 is 16.8 Å². The van der Waals surface area contributed by atoms with E-state index in [4.69, 9.17) is 9.47 Å². The molecule has 8 heteroatoms. The molecule has 1 atom stereocenters. The normalized spacial score (nSPS) is 17.0. The lowest BCUT2D eigenvalue weighted by Gasteiger charge is -2.34. The Hall–Kier alpha value is -2.32. The molecule has 1 aliphatic heterocycles. The molecule has 0 fully saturated rings. The van der Waals surface area contributed by atoms with Crippen molar-refractivity contribution in [1.29, 1.82) is 0 Å². The number of aliphatic imine (C=N–C) groups is 1. The topological polar surface area (TPSA) is 64.8 Å². The summed E-state index contributed by atoms with van der Waals surface area (Å²) in [6, 6.07) is 6.09. The fourth-order valence-electron chi connectivity index (χ4n) is 3.52. The Morgan fingerprint density at radius 3 is 2.73 bits per heavy atom. The van der Waals surface area contributed by atoms with Crippen LogP contribution in [0.3, 0.4) is 0 Å². The maximum Gasteiger partial charge on any atom is 0.189 e. The van der Waals surface area contributed by atoms with E-state index in [1.807, 2.05) is 19.1 Å². The second-order valence-corrected chi connectivity index (χ2v) is 8.44.